The van der Waals surface area contributed by atoms with Gasteiger partial charge in [-0.1, -0.05) is 42.5 Å². The molecule has 0 fully saturated rings. The van der Waals surface area contributed by atoms with E-state index in [1.807, 2.05) is 30.3 Å². The summed E-state index contributed by atoms with van der Waals surface area (Å²) in [5, 5.41) is 11.1. The predicted octanol–water partition coefficient (Wildman–Crippen LogP) is 3.32. The summed E-state index contributed by atoms with van der Waals surface area (Å²) < 4.78 is 27.3. The van der Waals surface area contributed by atoms with Crippen LogP contribution in [0, 0.1) is 17.0 Å². The average Bonchev–Trinajstić information content (AvgIpc) is 2.59. The first-order valence-electron chi connectivity index (χ1n) is 7.77. The molecule has 2 rings (SSSR count). The van der Waals surface area contributed by atoms with Crippen LogP contribution in [0.25, 0.3) is 0 Å². The molecular formula is C18H20N2O4S. The van der Waals surface area contributed by atoms with E-state index in [1.165, 1.54) is 35.5 Å². The maximum atomic E-state index is 13.0. The smallest absolute Gasteiger partial charge is 0.258 e. The van der Waals surface area contributed by atoms with Gasteiger partial charge in [0.1, 0.15) is 0 Å². The number of benzene rings is 2. The number of nitro benzene ring substituents is 1. The normalized spacial score (nSPS) is 11.4. The Morgan fingerprint density at radius 2 is 1.84 bits per heavy atom. The van der Waals surface area contributed by atoms with Crippen molar-refractivity contribution in [2.75, 3.05) is 13.1 Å². The van der Waals surface area contributed by atoms with Gasteiger partial charge in [-0.05, 0) is 25.0 Å². The van der Waals surface area contributed by atoms with E-state index < -0.39 is 14.9 Å². The summed E-state index contributed by atoms with van der Waals surface area (Å²) in [4.78, 5) is 10.5. The monoisotopic (exact) mass is 360 g/mol. The molecular weight excluding hydrogens is 340 g/mol. The van der Waals surface area contributed by atoms with Gasteiger partial charge >= 0.3 is 0 Å². The molecule has 0 amide bonds. The van der Waals surface area contributed by atoms with E-state index in [4.69, 9.17) is 0 Å². The third kappa shape index (κ3) is 4.32. The highest BCUT2D eigenvalue weighted by Crippen LogP contribution is 2.27. The zero-order valence-corrected chi connectivity index (χ0v) is 14.8. The predicted molar refractivity (Wildman–Crippen MR) is 96.9 cm³/mol. The molecule has 7 heteroatoms. The van der Waals surface area contributed by atoms with Crippen LogP contribution in [0.5, 0.6) is 0 Å². The lowest BCUT2D eigenvalue weighted by atomic mass is 10.1. The molecule has 0 saturated heterocycles. The van der Waals surface area contributed by atoms with Gasteiger partial charge in [-0.2, -0.15) is 4.31 Å². The Bertz CT molecular complexity index is 864. The van der Waals surface area contributed by atoms with Gasteiger partial charge in [-0.15, -0.1) is 6.58 Å². The Balaban J connectivity index is 2.34. The van der Waals surface area contributed by atoms with Gasteiger partial charge in [0.05, 0.1) is 9.82 Å². The van der Waals surface area contributed by atoms with Crippen molar-refractivity contribution in [2.24, 2.45) is 0 Å². The van der Waals surface area contributed by atoms with E-state index in [0.717, 1.165) is 5.56 Å². The van der Waals surface area contributed by atoms with Crippen molar-refractivity contribution in [1.82, 2.24) is 4.31 Å². The maximum Gasteiger partial charge on any atom is 0.273 e. The maximum absolute atomic E-state index is 13.0. The molecule has 2 aromatic rings. The van der Waals surface area contributed by atoms with Gasteiger partial charge < -0.3 is 0 Å². The molecule has 0 aromatic heterocycles. The molecule has 0 aliphatic heterocycles. The van der Waals surface area contributed by atoms with Gasteiger partial charge in [0.2, 0.25) is 10.0 Å². The zero-order valence-electron chi connectivity index (χ0n) is 14.0. The van der Waals surface area contributed by atoms with E-state index in [1.54, 1.807) is 0 Å². The molecule has 0 atom stereocenters. The molecule has 25 heavy (non-hydrogen) atoms. The summed E-state index contributed by atoms with van der Waals surface area (Å²) in [6.45, 7) is 5.47. The van der Waals surface area contributed by atoms with Crippen molar-refractivity contribution >= 4 is 15.7 Å². The highest BCUT2D eigenvalue weighted by molar-refractivity contribution is 7.89. The summed E-state index contributed by atoms with van der Waals surface area (Å²) in [6.07, 6.45) is 2.05. The molecule has 0 saturated carbocycles. The fraction of sp³-hybridized carbons (Fsp3) is 0.222. The van der Waals surface area contributed by atoms with Crippen molar-refractivity contribution in [2.45, 2.75) is 18.2 Å². The third-order valence-corrected chi connectivity index (χ3v) is 5.91. The van der Waals surface area contributed by atoms with E-state index in [-0.39, 0.29) is 29.2 Å². The Hall–Kier alpha value is -2.51. The van der Waals surface area contributed by atoms with Gasteiger partial charge in [-0.25, -0.2) is 8.42 Å². The lowest BCUT2D eigenvalue weighted by Crippen LogP contribution is -2.33. The molecule has 0 radical (unpaired) electrons. The highest BCUT2D eigenvalue weighted by Gasteiger charge is 2.28. The lowest BCUT2D eigenvalue weighted by molar-refractivity contribution is -0.385. The number of hydrogen-bond donors (Lipinski definition) is 0. The summed E-state index contributed by atoms with van der Waals surface area (Å²) in [5.41, 5.74) is 0.950. The molecule has 132 valence electrons. The quantitative estimate of drug-likeness (QED) is 0.411. The summed E-state index contributed by atoms with van der Waals surface area (Å²) in [7, 11) is -3.86. The lowest BCUT2D eigenvalue weighted by Gasteiger charge is -2.21. The van der Waals surface area contributed by atoms with Crippen molar-refractivity contribution in [3.8, 4) is 0 Å². The molecule has 2 aromatic carbocycles. The van der Waals surface area contributed by atoms with E-state index >= 15 is 0 Å². The molecule has 0 unspecified atom stereocenters. The van der Waals surface area contributed by atoms with E-state index in [2.05, 4.69) is 6.58 Å². The molecule has 6 nitrogen and oxygen atoms in total. The second kappa shape index (κ2) is 8.04. The first-order valence-corrected chi connectivity index (χ1v) is 9.21. The highest BCUT2D eigenvalue weighted by atomic mass is 32.2. The molecule has 0 heterocycles. The van der Waals surface area contributed by atoms with E-state index in [9.17, 15) is 18.5 Å². The Morgan fingerprint density at radius 1 is 1.16 bits per heavy atom. The molecule has 0 aliphatic rings. The standard InChI is InChI=1S/C18H20N2O4S/c1-3-13-19(14-12-16-8-5-4-6-9-16)25(23,24)18-11-7-10-17(15(18)2)20(21)22/h3-11H,1,12-14H2,2H3. The minimum atomic E-state index is -3.86. The molecule has 0 spiro atoms. The van der Waals surface area contributed by atoms with Crippen LogP contribution in [-0.4, -0.2) is 30.7 Å². The minimum Gasteiger partial charge on any atom is -0.258 e. The third-order valence-electron chi connectivity index (χ3n) is 3.90. The molecule has 0 N–H and O–H groups in total. The largest absolute Gasteiger partial charge is 0.273 e. The fourth-order valence-corrected chi connectivity index (χ4v) is 4.22. The van der Waals surface area contributed by atoms with Crippen molar-refractivity contribution in [1.29, 1.82) is 0 Å². The van der Waals surface area contributed by atoms with Crippen molar-refractivity contribution < 1.29 is 13.3 Å². The first kappa shape index (κ1) is 18.8. The summed E-state index contributed by atoms with van der Waals surface area (Å²) >= 11 is 0. The minimum absolute atomic E-state index is 0.0448. The van der Waals surface area contributed by atoms with Crippen LogP contribution in [0.4, 0.5) is 5.69 Å². The van der Waals surface area contributed by atoms with Crippen LogP contribution in [0.1, 0.15) is 11.1 Å². The number of rotatable bonds is 8. The van der Waals surface area contributed by atoms with E-state index in [0.29, 0.717) is 6.42 Å². The van der Waals surface area contributed by atoms with Crippen molar-refractivity contribution in [3.05, 3.63) is 82.4 Å². The van der Waals surface area contributed by atoms with Crippen LogP contribution >= 0.6 is 0 Å². The average molecular weight is 360 g/mol. The van der Waals surface area contributed by atoms with Crippen LogP contribution < -0.4 is 0 Å². The molecule has 0 bridgehead atoms. The number of hydrogen-bond acceptors (Lipinski definition) is 4. The molecule has 0 aliphatic carbocycles. The number of nitro groups is 1. The van der Waals surface area contributed by atoms with Crippen LogP contribution in [0.2, 0.25) is 0 Å². The first-order chi connectivity index (χ1) is 11.9. The Kier molecular flexibility index (Phi) is 6.06. The topological polar surface area (TPSA) is 80.5 Å². The number of sulfonamides is 1. The number of nitrogens with zero attached hydrogens (tertiary/aromatic N) is 2. The Morgan fingerprint density at radius 3 is 2.44 bits per heavy atom. The zero-order chi connectivity index (χ0) is 18.4. The van der Waals surface area contributed by atoms with Gasteiger partial charge in [0.15, 0.2) is 0 Å². The van der Waals surface area contributed by atoms with Crippen LogP contribution in [-0.2, 0) is 16.4 Å². The SMILES string of the molecule is C=CCN(CCc1ccccc1)S(=O)(=O)c1cccc([N+](=O)[O-])c1C. The van der Waals surface area contributed by atoms with Crippen LogP contribution in [0.15, 0.2) is 66.1 Å². The summed E-state index contributed by atoms with van der Waals surface area (Å²) in [6, 6.07) is 13.6. The van der Waals surface area contributed by atoms with Gasteiger partial charge in [0, 0.05) is 24.7 Å². The van der Waals surface area contributed by atoms with Crippen LogP contribution in [0.3, 0.4) is 0 Å². The fourth-order valence-electron chi connectivity index (χ4n) is 2.57. The second-order valence-corrected chi connectivity index (χ2v) is 7.45. The second-order valence-electron chi connectivity index (χ2n) is 5.54. The van der Waals surface area contributed by atoms with Gasteiger partial charge in [0.25, 0.3) is 5.69 Å². The van der Waals surface area contributed by atoms with Gasteiger partial charge in [-0.3, -0.25) is 10.1 Å². The Labute approximate surface area is 147 Å². The summed E-state index contributed by atoms with van der Waals surface area (Å²) in [5.74, 6) is 0. The van der Waals surface area contributed by atoms with Crippen molar-refractivity contribution in [3.63, 3.8) is 0 Å².